The summed E-state index contributed by atoms with van der Waals surface area (Å²) in [6.07, 6.45) is 8.46. The zero-order valence-corrected chi connectivity index (χ0v) is 13.5. The van der Waals surface area contributed by atoms with E-state index < -0.39 is 0 Å². The summed E-state index contributed by atoms with van der Waals surface area (Å²) in [6.45, 7) is 4.94. The third-order valence-corrected chi connectivity index (χ3v) is 5.93. The molecular formula is C17H30N2O2. The quantitative estimate of drug-likeness (QED) is 0.730. The molecule has 0 aromatic rings. The van der Waals surface area contributed by atoms with Gasteiger partial charge in [-0.15, -0.1) is 0 Å². The van der Waals surface area contributed by atoms with Crippen molar-refractivity contribution in [2.75, 3.05) is 13.2 Å². The number of hydrogen-bond donors (Lipinski definition) is 3. The Labute approximate surface area is 128 Å². The Kier molecular flexibility index (Phi) is 3.93. The van der Waals surface area contributed by atoms with E-state index in [9.17, 15) is 4.79 Å². The second kappa shape index (κ2) is 5.45. The summed E-state index contributed by atoms with van der Waals surface area (Å²) in [7, 11) is 0. The van der Waals surface area contributed by atoms with Crippen LogP contribution in [0.1, 0.15) is 58.8 Å². The summed E-state index contributed by atoms with van der Waals surface area (Å²) < 4.78 is 0. The fourth-order valence-electron chi connectivity index (χ4n) is 5.26. The molecular weight excluding hydrogens is 264 g/mol. The molecule has 0 atom stereocenters. The number of aliphatic hydroxyl groups excluding tert-OH is 1. The Morgan fingerprint density at radius 3 is 2.14 bits per heavy atom. The lowest BCUT2D eigenvalue weighted by atomic mass is 9.53. The minimum atomic E-state index is -0.0481. The standard InChI is InChI=1S/C17H30N2O2/c1-16(2,3-4-20)11-18-15(21)19-17-8-12-5-13(9-17)7-14(6-12)10-17/h12-14,20H,3-11H2,1-2H3,(H2,18,19,21). The van der Waals surface area contributed by atoms with Crippen molar-refractivity contribution in [3.8, 4) is 0 Å². The van der Waals surface area contributed by atoms with E-state index in [4.69, 9.17) is 5.11 Å². The van der Waals surface area contributed by atoms with Gasteiger partial charge in [0.05, 0.1) is 0 Å². The van der Waals surface area contributed by atoms with Gasteiger partial charge < -0.3 is 15.7 Å². The number of carbonyl (C=O) groups excluding carboxylic acids is 1. The molecule has 120 valence electrons. The van der Waals surface area contributed by atoms with Gasteiger partial charge in [-0.25, -0.2) is 4.79 Å². The lowest BCUT2D eigenvalue weighted by Crippen LogP contribution is -2.61. The van der Waals surface area contributed by atoms with Crippen molar-refractivity contribution in [2.24, 2.45) is 23.2 Å². The Morgan fingerprint density at radius 1 is 1.14 bits per heavy atom. The Hall–Kier alpha value is -0.770. The van der Waals surface area contributed by atoms with E-state index in [1.807, 2.05) is 0 Å². The smallest absolute Gasteiger partial charge is 0.315 e. The fourth-order valence-corrected chi connectivity index (χ4v) is 5.26. The molecule has 4 aliphatic carbocycles. The first-order valence-corrected chi connectivity index (χ1v) is 8.57. The van der Waals surface area contributed by atoms with Gasteiger partial charge in [0, 0.05) is 18.7 Å². The van der Waals surface area contributed by atoms with Gasteiger partial charge in [0.1, 0.15) is 0 Å². The maximum absolute atomic E-state index is 12.3. The highest BCUT2D eigenvalue weighted by atomic mass is 16.3. The van der Waals surface area contributed by atoms with Crippen LogP contribution in [-0.2, 0) is 0 Å². The highest BCUT2D eigenvalue weighted by molar-refractivity contribution is 5.75. The van der Waals surface area contributed by atoms with Gasteiger partial charge in [-0.2, -0.15) is 0 Å². The maximum atomic E-state index is 12.3. The van der Waals surface area contributed by atoms with Crippen molar-refractivity contribution in [3.63, 3.8) is 0 Å². The van der Waals surface area contributed by atoms with Crippen LogP contribution in [0.4, 0.5) is 4.79 Å². The SMILES string of the molecule is CC(C)(CCO)CNC(=O)NC12CC3CC(CC(C3)C1)C2. The number of urea groups is 1. The van der Waals surface area contributed by atoms with E-state index in [2.05, 4.69) is 24.5 Å². The zero-order chi connectivity index (χ0) is 15.1. The van der Waals surface area contributed by atoms with Crippen LogP contribution in [0, 0.1) is 23.2 Å². The predicted molar refractivity (Wildman–Crippen MR) is 82.9 cm³/mol. The van der Waals surface area contributed by atoms with Crippen LogP contribution in [0.2, 0.25) is 0 Å². The summed E-state index contributed by atoms with van der Waals surface area (Å²) in [4.78, 5) is 12.3. The summed E-state index contributed by atoms with van der Waals surface area (Å²) in [5, 5.41) is 15.4. The van der Waals surface area contributed by atoms with Gasteiger partial charge >= 0.3 is 6.03 Å². The monoisotopic (exact) mass is 294 g/mol. The molecule has 4 bridgehead atoms. The Balaban J connectivity index is 1.53. The highest BCUT2D eigenvalue weighted by Crippen LogP contribution is 2.55. The minimum Gasteiger partial charge on any atom is -0.396 e. The Bertz CT molecular complexity index is 370. The van der Waals surface area contributed by atoms with E-state index in [-0.39, 0.29) is 23.6 Å². The van der Waals surface area contributed by atoms with Gasteiger partial charge in [0.25, 0.3) is 0 Å². The second-order valence-corrected chi connectivity index (χ2v) is 8.64. The molecule has 4 fully saturated rings. The summed E-state index contributed by atoms with van der Waals surface area (Å²) in [5.74, 6) is 2.55. The lowest BCUT2D eigenvalue weighted by molar-refractivity contribution is -0.0136. The molecule has 3 N–H and O–H groups in total. The summed E-state index contributed by atoms with van der Waals surface area (Å²) in [6, 6.07) is -0.0111. The van der Waals surface area contributed by atoms with Crippen LogP contribution in [0.25, 0.3) is 0 Å². The van der Waals surface area contributed by atoms with Gasteiger partial charge in [0.2, 0.25) is 0 Å². The first kappa shape index (κ1) is 15.1. The largest absolute Gasteiger partial charge is 0.396 e. The molecule has 0 unspecified atom stereocenters. The van der Waals surface area contributed by atoms with Crippen LogP contribution in [-0.4, -0.2) is 29.8 Å². The third-order valence-electron chi connectivity index (χ3n) is 5.93. The summed E-state index contributed by atoms with van der Waals surface area (Å²) >= 11 is 0. The van der Waals surface area contributed by atoms with E-state index in [0.717, 1.165) is 17.8 Å². The number of rotatable bonds is 5. The molecule has 2 amide bonds. The first-order chi connectivity index (χ1) is 9.90. The highest BCUT2D eigenvalue weighted by Gasteiger charge is 2.51. The molecule has 0 heterocycles. The molecule has 4 heteroatoms. The van der Waals surface area contributed by atoms with Gasteiger partial charge in [-0.1, -0.05) is 13.8 Å². The lowest BCUT2D eigenvalue weighted by Gasteiger charge is -2.56. The molecule has 0 spiro atoms. The predicted octanol–water partition coefficient (Wildman–Crippen LogP) is 2.66. The summed E-state index contributed by atoms with van der Waals surface area (Å²) in [5.41, 5.74) is 0.0352. The van der Waals surface area contributed by atoms with E-state index in [1.165, 1.54) is 38.5 Å². The van der Waals surface area contributed by atoms with Crippen molar-refractivity contribution < 1.29 is 9.90 Å². The van der Waals surface area contributed by atoms with Crippen LogP contribution in [0.3, 0.4) is 0 Å². The molecule has 0 radical (unpaired) electrons. The number of aliphatic hydroxyl groups is 1. The normalized spacial score (nSPS) is 37.6. The molecule has 4 saturated carbocycles. The zero-order valence-electron chi connectivity index (χ0n) is 13.5. The number of hydrogen-bond acceptors (Lipinski definition) is 2. The minimum absolute atomic E-state index is 0.0111. The van der Waals surface area contributed by atoms with Gasteiger partial charge in [0.15, 0.2) is 0 Å². The van der Waals surface area contributed by atoms with Crippen LogP contribution < -0.4 is 10.6 Å². The van der Waals surface area contributed by atoms with Crippen molar-refractivity contribution in [1.82, 2.24) is 10.6 Å². The average Bonchev–Trinajstić information content (AvgIpc) is 2.34. The fraction of sp³-hybridized carbons (Fsp3) is 0.941. The maximum Gasteiger partial charge on any atom is 0.315 e. The van der Waals surface area contributed by atoms with Crippen molar-refractivity contribution in [2.45, 2.75) is 64.3 Å². The molecule has 4 rings (SSSR count). The number of amides is 2. The third kappa shape index (κ3) is 3.36. The van der Waals surface area contributed by atoms with E-state index in [0.29, 0.717) is 13.0 Å². The molecule has 0 aromatic carbocycles. The first-order valence-electron chi connectivity index (χ1n) is 8.57. The molecule has 0 aliphatic heterocycles. The molecule has 0 aromatic heterocycles. The van der Waals surface area contributed by atoms with Crippen molar-refractivity contribution in [3.05, 3.63) is 0 Å². The van der Waals surface area contributed by atoms with E-state index in [1.54, 1.807) is 0 Å². The second-order valence-electron chi connectivity index (χ2n) is 8.64. The number of carbonyl (C=O) groups is 1. The Morgan fingerprint density at radius 2 is 1.67 bits per heavy atom. The van der Waals surface area contributed by atoms with E-state index >= 15 is 0 Å². The molecule has 4 nitrogen and oxygen atoms in total. The topological polar surface area (TPSA) is 61.4 Å². The molecule has 0 saturated heterocycles. The van der Waals surface area contributed by atoms with Crippen molar-refractivity contribution >= 4 is 6.03 Å². The van der Waals surface area contributed by atoms with Crippen molar-refractivity contribution in [1.29, 1.82) is 0 Å². The number of nitrogens with one attached hydrogen (secondary N) is 2. The average molecular weight is 294 g/mol. The molecule has 4 aliphatic rings. The van der Waals surface area contributed by atoms with Crippen LogP contribution in [0.15, 0.2) is 0 Å². The van der Waals surface area contributed by atoms with Gasteiger partial charge in [-0.3, -0.25) is 0 Å². The van der Waals surface area contributed by atoms with Gasteiger partial charge in [-0.05, 0) is 68.1 Å². The molecule has 21 heavy (non-hydrogen) atoms. The van der Waals surface area contributed by atoms with Crippen LogP contribution >= 0.6 is 0 Å². The van der Waals surface area contributed by atoms with Crippen LogP contribution in [0.5, 0.6) is 0 Å².